The normalized spacial score (nSPS) is 18.3. The van der Waals surface area contributed by atoms with E-state index >= 15 is 0 Å². The SMILES string of the molecule is CCC1(CC)CN(c2ccccc2CN)C1. The molecule has 0 spiro atoms. The molecule has 1 aliphatic heterocycles. The van der Waals surface area contributed by atoms with E-state index in [4.69, 9.17) is 5.73 Å². The molecule has 1 aliphatic rings. The smallest absolute Gasteiger partial charge is 0.0412 e. The van der Waals surface area contributed by atoms with E-state index in [0.717, 1.165) is 0 Å². The van der Waals surface area contributed by atoms with E-state index in [1.165, 1.54) is 37.2 Å². The highest BCUT2D eigenvalue weighted by Gasteiger charge is 2.40. The standard InChI is InChI=1S/C14H22N2/c1-3-14(4-2)10-16(11-14)13-8-6-5-7-12(13)9-15/h5-8H,3-4,9-11,15H2,1-2H3. The van der Waals surface area contributed by atoms with E-state index in [9.17, 15) is 0 Å². The first kappa shape index (κ1) is 11.5. The predicted octanol–water partition coefficient (Wildman–Crippen LogP) is 2.77. The maximum absolute atomic E-state index is 5.77. The number of anilines is 1. The van der Waals surface area contributed by atoms with Gasteiger partial charge in [-0.2, -0.15) is 0 Å². The molecule has 88 valence electrons. The maximum Gasteiger partial charge on any atom is 0.0412 e. The Labute approximate surface area is 98.4 Å². The molecule has 2 rings (SSSR count). The highest BCUT2D eigenvalue weighted by atomic mass is 15.2. The highest BCUT2D eigenvalue weighted by Crippen LogP contribution is 2.40. The van der Waals surface area contributed by atoms with Crippen LogP contribution in [0.5, 0.6) is 0 Å². The summed E-state index contributed by atoms with van der Waals surface area (Å²) in [6.45, 7) is 7.62. The third-order valence-electron chi connectivity index (χ3n) is 4.10. The first-order valence-corrected chi connectivity index (χ1v) is 6.27. The lowest BCUT2D eigenvalue weighted by Crippen LogP contribution is -2.56. The number of hydrogen-bond donors (Lipinski definition) is 1. The lowest BCUT2D eigenvalue weighted by molar-refractivity contribution is 0.194. The summed E-state index contributed by atoms with van der Waals surface area (Å²) in [6, 6.07) is 8.50. The number of nitrogens with two attached hydrogens (primary N) is 1. The van der Waals surface area contributed by atoms with Gasteiger partial charge in [0.25, 0.3) is 0 Å². The van der Waals surface area contributed by atoms with Crippen LogP contribution in [0.3, 0.4) is 0 Å². The van der Waals surface area contributed by atoms with Crippen molar-refractivity contribution in [1.82, 2.24) is 0 Å². The van der Waals surface area contributed by atoms with E-state index in [1.54, 1.807) is 0 Å². The summed E-state index contributed by atoms with van der Waals surface area (Å²) in [5.74, 6) is 0. The fourth-order valence-electron chi connectivity index (χ4n) is 2.62. The van der Waals surface area contributed by atoms with Crippen molar-refractivity contribution in [3.05, 3.63) is 29.8 Å². The lowest BCUT2D eigenvalue weighted by Gasteiger charge is -2.51. The first-order valence-electron chi connectivity index (χ1n) is 6.27. The van der Waals surface area contributed by atoms with Gasteiger partial charge in [0.05, 0.1) is 0 Å². The Bertz CT molecular complexity index is 348. The highest BCUT2D eigenvalue weighted by molar-refractivity contribution is 5.56. The molecule has 0 radical (unpaired) electrons. The van der Waals surface area contributed by atoms with E-state index in [1.807, 2.05) is 0 Å². The molecule has 0 aromatic heterocycles. The van der Waals surface area contributed by atoms with E-state index in [0.29, 0.717) is 12.0 Å². The molecular formula is C14H22N2. The van der Waals surface area contributed by atoms with Crippen LogP contribution >= 0.6 is 0 Å². The summed E-state index contributed by atoms with van der Waals surface area (Å²) < 4.78 is 0. The number of rotatable bonds is 4. The summed E-state index contributed by atoms with van der Waals surface area (Å²) >= 11 is 0. The molecule has 0 amide bonds. The average Bonchev–Trinajstić information content (AvgIpc) is 2.29. The van der Waals surface area contributed by atoms with E-state index in [-0.39, 0.29) is 0 Å². The van der Waals surface area contributed by atoms with Crippen LogP contribution in [0.15, 0.2) is 24.3 Å². The van der Waals surface area contributed by atoms with Crippen LogP contribution in [-0.4, -0.2) is 13.1 Å². The maximum atomic E-state index is 5.77. The zero-order chi connectivity index (χ0) is 11.6. The Kier molecular flexibility index (Phi) is 3.20. The fourth-order valence-corrected chi connectivity index (χ4v) is 2.62. The van der Waals surface area contributed by atoms with Crippen molar-refractivity contribution < 1.29 is 0 Å². The number of nitrogens with zero attached hydrogens (tertiary/aromatic N) is 1. The number of benzene rings is 1. The van der Waals surface area contributed by atoms with Gasteiger partial charge in [-0.15, -0.1) is 0 Å². The number of para-hydroxylation sites is 1. The monoisotopic (exact) mass is 218 g/mol. The third-order valence-corrected chi connectivity index (χ3v) is 4.10. The lowest BCUT2D eigenvalue weighted by atomic mass is 9.75. The molecule has 1 heterocycles. The van der Waals surface area contributed by atoms with Gasteiger partial charge >= 0.3 is 0 Å². The van der Waals surface area contributed by atoms with Crippen molar-refractivity contribution in [3.8, 4) is 0 Å². The zero-order valence-corrected chi connectivity index (χ0v) is 10.4. The van der Waals surface area contributed by atoms with Crippen molar-refractivity contribution in [2.75, 3.05) is 18.0 Å². The Balaban J connectivity index is 2.11. The molecule has 0 atom stereocenters. The second-order valence-electron chi connectivity index (χ2n) is 4.90. The van der Waals surface area contributed by atoms with Crippen molar-refractivity contribution in [2.24, 2.45) is 11.1 Å². The van der Waals surface area contributed by atoms with Gasteiger partial charge in [0.15, 0.2) is 0 Å². The third kappa shape index (κ3) is 1.82. The molecule has 2 nitrogen and oxygen atoms in total. The van der Waals surface area contributed by atoms with Crippen molar-refractivity contribution in [2.45, 2.75) is 33.2 Å². The van der Waals surface area contributed by atoms with Gasteiger partial charge in [-0.05, 0) is 24.5 Å². The van der Waals surface area contributed by atoms with Crippen LogP contribution in [0.1, 0.15) is 32.3 Å². The van der Waals surface area contributed by atoms with Gasteiger partial charge in [0, 0.05) is 30.7 Å². The molecule has 0 aliphatic carbocycles. The predicted molar refractivity (Wildman–Crippen MR) is 69.6 cm³/mol. The molecule has 0 saturated carbocycles. The van der Waals surface area contributed by atoms with Crippen LogP contribution in [0.4, 0.5) is 5.69 Å². The number of hydrogen-bond acceptors (Lipinski definition) is 2. The van der Waals surface area contributed by atoms with Crippen LogP contribution < -0.4 is 10.6 Å². The van der Waals surface area contributed by atoms with Crippen LogP contribution in [-0.2, 0) is 6.54 Å². The summed E-state index contributed by atoms with van der Waals surface area (Å²) in [7, 11) is 0. The van der Waals surface area contributed by atoms with Gasteiger partial charge in [0.1, 0.15) is 0 Å². The second-order valence-corrected chi connectivity index (χ2v) is 4.90. The molecule has 1 fully saturated rings. The van der Waals surface area contributed by atoms with Crippen molar-refractivity contribution >= 4 is 5.69 Å². The largest absolute Gasteiger partial charge is 0.370 e. The van der Waals surface area contributed by atoms with Crippen molar-refractivity contribution in [3.63, 3.8) is 0 Å². The first-order chi connectivity index (χ1) is 7.74. The topological polar surface area (TPSA) is 29.3 Å². The van der Waals surface area contributed by atoms with E-state index < -0.39 is 0 Å². The van der Waals surface area contributed by atoms with E-state index in [2.05, 4.69) is 43.0 Å². The Morgan fingerprint density at radius 1 is 1.19 bits per heavy atom. The van der Waals surface area contributed by atoms with Gasteiger partial charge in [0.2, 0.25) is 0 Å². The van der Waals surface area contributed by atoms with Crippen LogP contribution in [0, 0.1) is 5.41 Å². The average molecular weight is 218 g/mol. The molecule has 2 heteroatoms. The Morgan fingerprint density at radius 3 is 2.38 bits per heavy atom. The summed E-state index contributed by atoms with van der Waals surface area (Å²) in [5, 5.41) is 0. The fraction of sp³-hybridized carbons (Fsp3) is 0.571. The zero-order valence-electron chi connectivity index (χ0n) is 10.4. The Hall–Kier alpha value is -1.02. The molecule has 16 heavy (non-hydrogen) atoms. The Morgan fingerprint density at radius 2 is 1.81 bits per heavy atom. The minimum Gasteiger partial charge on any atom is -0.370 e. The molecular weight excluding hydrogens is 196 g/mol. The molecule has 1 saturated heterocycles. The van der Waals surface area contributed by atoms with Gasteiger partial charge < -0.3 is 10.6 Å². The van der Waals surface area contributed by atoms with Crippen molar-refractivity contribution in [1.29, 1.82) is 0 Å². The van der Waals surface area contributed by atoms with Crippen LogP contribution in [0.2, 0.25) is 0 Å². The second kappa shape index (κ2) is 4.46. The molecule has 1 aromatic carbocycles. The minimum atomic E-state index is 0.557. The molecule has 0 unspecified atom stereocenters. The molecule has 0 bridgehead atoms. The summed E-state index contributed by atoms with van der Waals surface area (Å²) in [6.07, 6.45) is 2.57. The summed E-state index contributed by atoms with van der Waals surface area (Å²) in [5.41, 5.74) is 8.93. The minimum absolute atomic E-state index is 0.557. The quantitative estimate of drug-likeness (QED) is 0.842. The molecule has 2 N–H and O–H groups in total. The summed E-state index contributed by atoms with van der Waals surface area (Å²) in [4.78, 5) is 2.47. The molecule has 1 aromatic rings. The van der Waals surface area contributed by atoms with Gasteiger partial charge in [-0.1, -0.05) is 32.0 Å². The van der Waals surface area contributed by atoms with Crippen LogP contribution in [0.25, 0.3) is 0 Å². The van der Waals surface area contributed by atoms with Gasteiger partial charge in [-0.3, -0.25) is 0 Å². The van der Waals surface area contributed by atoms with Gasteiger partial charge in [-0.25, -0.2) is 0 Å².